The summed E-state index contributed by atoms with van der Waals surface area (Å²) in [5.41, 5.74) is 5.35. The van der Waals surface area contributed by atoms with Gasteiger partial charge in [-0.2, -0.15) is 0 Å². The molecule has 2 atom stereocenters. The van der Waals surface area contributed by atoms with Crippen LogP contribution in [0.15, 0.2) is 24.5 Å². The lowest BCUT2D eigenvalue weighted by atomic mass is 10.0. The molecule has 3 N–H and O–H groups in total. The average molecular weight is 702 g/mol. The van der Waals surface area contributed by atoms with Crippen molar-refractivity contribution >= 4 is 13.8 Å². The third-order valence-corrected chi connectivity index (χ3v) is 9.43. The Labute approximate surface area is 296 Å². The first kappa shape index (κ1) is 46.8. The Morgan fingerprint density at radius 1 is 0.625 bits per heavy atom. The van der Waals surface area contributed by atoms with E-state index in [2.05, 4.69) is 19.9 Å². The fourth-order valence-corrected chi connectivity index (χ4v) is 6.27. The number of ether oxygens (including phenoxy) is 2. The summed E-state index contributed by atoms with van der Waals surface area (Å²) in [6.07, 6.45) is 40.1. The van der Waals surface area contributed by atoms with Crippen LogP contribution in [0.5, 0.6) is 0 Å². The molecule has 0 saturated carbocycles. The number of allylic oxidation sites excluding steroid dienone is 3. The van der Waals surface area contributed by atoms with E-state index in [0.29, 0.717) is 6.42 Å². The van der Waals surface area contributed by atoms with E-state index in [-0.39, 0.29) is 32.8 Å². The second kappa shape index (κ2) is 37.1. The van der Waals surface area contributed by atoms with Crippen molar-refractivity contribution in [3.8, 4) is 0 Å². The molecule has 9 heteroatoms. The van der Waals surface area contributed by atoms with Gasteiger partial charge in [0.2, 0.25) is 0 Å². The fourth-order valence-electron chi connectivity index (χ4n) is 5.51. The van der Waals surface area contributed by atoms with Crippen LogP contribution in [-0.2, 0) is 27.9 Å². The van der Waals surface area contributed by atoms with Gasteiger partial charge in [-0.05, 0) is 38.2 Å². The molecule has 0 saturated heterocycles. The van der Waals surface area contributed by atoms with Gasteiger partial charge in [0.1, 0.15) is 6.61 Å². The SMILES string of the molecule is CCCCCCCCCCCCC/C=C/CCC(=O)O[C@H](CO/C=C/CCCCCCCCCCCCCC)COP(=O)(O)OCCN. The first-order valence-electron chi connectivity index (χ1n) is 19.9. The molecule has 0 aliphatic rings. The quantitative estimate of drug-likeness (QED) is 0.0215. The Bertz CT molecular complexity index is 792. The highest BCUT2D eigenvalue weighted by Gasteiger charge is 2.25. The molecule has 1 unspecified atom stereocenters. The minimum Gasteiger partial charge on any atom is -0.498 e. The molecule has 0 radical (unpaired) electrons. The molecular weight excluding hydrogens is 625 g/mol. The lowest BCUT2D eigenvalue weighted by Crippen LogP contribution is -2.27. The van der Waals surface area contributed by atoms with E-state index in [1.807, 2.05) is 12.2 Å². The van der Waals surface area contributed by atoms with Crippen molar-refractivity contribution in [2.24, 2.45) is 5.73 Å². The topological polar surface area (TPSA) is 117 Å². The van der Waals surface area contributed by atoms with Crippen molar-refractivity contribution in [3.05, 3.63) is 24.5 Å². The van der Waals surface area contributed by atoms with Crippen LogP contribution >= 0.6 is 7.82 Å². The molecule has 0 aromatic carbocycles. The number of rotatable bonds is 38. The van der Waals surface area contributed by atoms with Gasteiger partial charge >= 0.3 is 13.8 Å². The van der Waals surface area contributed by atoms with Gasteiger partial charge in [-0.3, -0.25) is 13.8 Å². The van der Waals surface area contributed by atoms with Crippen LogP contribution in [0.2, 0.25) is 0 Å². The number of nitrogens with two attached hydrogens (primary N) is 1. The van der Waals surface area contributed by atoms with Crippen LogP contribution in [0.1, 0.15) is 187 Å². The largest absolute Gasteiger partial charge is 0.498 e. The number of hydrogen-bond acceptors (Lipinski definition) is 7. The number of phosphoric ester groups is 1. The van der Waals surface area contributed by atoms with Crippen molar-refractivity contribution in [2.45, 2.75) is 193 Å². The standard InChI is InChI=1S/C39H76NO7P/c1-3-5-7-9-11-13-15-17-19-20-22-24-26-28-30-32-39(41)47-38(37-46-48(42,43)45-35-33-40)36-44-34-31-29-27-25-23-21-18-16-14-12-10-8-6-4-2/h26,28,31,34,38H,3-25,27,29-30,32-33,35-37,40H2,1-2H3,(H,42,43)/b28-26+,34-31+/t38-/m1/s1. The Morgan fingerprint density at radius 2 is 1.06 bits per heavy atom. The van der Waals surface area contributed by atoms with E-state index in [0.717, 1.165) is 19.3 Å². The maximum absolute atomic E-state index is 12.5. The molecule has 0 aliphatic carbocycles. The molecule has 0 fully saturated rings. The van der Waals surface area contributed by atoms with Gasteiger partial charge in [0.05, 0.1) is 19.5 Å². The summed E-state index contributed by atoms with van der Waals surface area (Å²) in [6.45, 7) is 4.21. The summed E-state index contributed by atoms with van der Waals surface area (Å²) < 4.78 is 33.0. The Kier molecular flexibility index (Phi) is 36.2. The van der Waals surface area contributed by atoms with Crippen LogP contribution in [0.4, 0.5) is 0 Å². The number of carbonyl (C=O) groups is 1. The molecule has 0 aliphatic heterocycles. The predicted octanol–water partition coefficient (Wildman–Crippen LogP) is 11.6. The minimum atomic E-state index is -4.29. The Hall–Kier alpha value is -1.18. The van der Waals surface area contributed by atoms with Crippen molar-refractivity contribution in [1.82, 2.24) is 0 Å². The Balaban J connectivity index is 4.16. The molecular formula is C39H76NO7P. The molecule has 0 amide bonds. The van der Waals surface area contributed by atoms with Gasteiger partial charge in [0.15, 0.2) is 6.10 Å². The van der Waals surface area contributed by atoms with Crippen molar-refractivity contribution in [3.63, 3.8) is 0 Å². The van der Waals surface area contributed by atoms with Gasteiger partial charge in [-0.25, -0.2) is 4.57 Å². The first-order chi connectivity index (χ1) is 23.4. The lowest BCUT2D eigenvalue weighted by Gasteiger charge is -2.19. The monoisotopic (exact) mass is 702 g/mol. The van der Waals surface area contributed by atoms with E-state index in [1.165, 1.54) is 141 Å². The van der Waals surface area contributed by atoms with E-state index >= 15 is 0 Å². The van der Waals surface area contributed by atoms with E-state index in [9.17, 15) is 14.3 Å². The second-order valence-electron chi connectivity index (χ2n) is 13.2. The number of phosphoric acid groups is 1. The summed E-state index contributed by atoms with van der Waals surface area (Å²) in [6, 6.07) is 0. The zero-order valence-electron chi connectivity index (χ0n) is 31.2. The van der Waals surface area contributed by atoms with Crippen LogP contribution in [0.25, 0.3) is 0 Å². The number of hydrogen-bond donors (Lipinski definition) is 2. The van der Waals surface area contributed by atoms with Crippen molar-refractivity contribution in [2.75, 3.05) is 26.4 Å². The minimum absolute atomic E-state index is 0.0201. The molecule has 8 nitrogen and oxygen atoms in total. The van der Waals surface area contributed by atoms with E-state index < -0.39 is 19.9 Å². The van der Waals surface area contributed by atoms with Crippen LogP contribution in [-0.4, -0.2) is 43.3 Å². The fraction of sp³-hybridized carbons (Fsp3) is 0.872. The average Bonchev–Trinajstić information content (AvgIpc) is 3.07. The number of unbranched alkanes of at least 4 members (excludes halogenated alkanes) is 23. The van der Waals surface area contributed by atoms with Gasteiger partial charge in [0, 0.05) is 13.0 Å². The summed E-state index contributed by atoms with van der Waals surface area (Å²) in [5, 5.41) is 0. The molecule has 48 heavy (non-hydrogen) atoms. The molecule has 0 aromatic rings. The van der Waals surface area contributed by atoms with E-state index in [4.69, 9.17) is 24.3 Å². The third kappa shape index (κ3) is 36.1. The summed E-state index contributed by atoms with van der Waals surface area (Å²) in [7, 11) is -4.29. The highest BCUT2D eigenvalue weighted by Crippen LogP contribution is 2.43. The molecule has 0 aromatic heterocycles. The number of carbonyl (C=O) groups excluding carboxylic acids is 1. The highest BCUT2D eigenvalue weighted by atomic mass is 31.2. The van der Waals surface area contributed by atoms with E-state index in [1.54, 1.807) is 6.26 Å². The maximum Gasteiger partial charge on any atom is 0.472 e. The van der Waals surface area contributed by atoms with Crippen LogP contribution < -0.4 is 5.73 Å². The van der Waals surface area contributed by atoms with Crippen molar-refractivity contribution < 1.29 is 32.8 Å². The molecule has 0 rings (SSSR count). The summed E-state index contributed by atoms with van der Waals surface area (Å²) in [4.78, 5) is 22.3. The summed E-state index contributed by atoms with van der Waals surface area (Å²) in [5.74, 6) is -0.400. The molecule has 0 bridgehead atoms. The molecule has 284 valence electrons. The van der Waals surface area contributed by atoms with Gasteiger partial charge in [-0.15, -0.1) is 0 Å². The highest BCUT2D eigenvalue weighted by molar-refractivity contribution is 7.47. The second-order valence-corrected chi connectivity index (χ2v) is 14.7. The third-order valence-electron chi connectivity index (χ3n) is 8.45. The van der Waals surface area contributed by atoms with Gasteiger partial charge in [-0.1, -0.05) is 161 Å². The number of esters is 1. The normalized spacial score (nSPS) is 13.8. The zero-order valence-corrected chi connectivity index (χ0v) is 32.1. The lowest BCUT2D eigenvalue weighted by molar-refractivity contribution is -0.153. The molecule has 0 heterocycles. The predicted molar refractivity (Wildman–Crippen MR) is 201 cm³/mol. The zero-order chi connectivity index (χ0) is 35.2. The smallest absolute Gasteiger partial charge is 0.472 e. The van der Waals surface area contributed by atoms with Crippen molar-refractivity contribution in [1.29, 1.82) is 0 Å². The van der Waals surface area contributed by atoms with Gasteiger partial charge in [0.25, 0.3) is 0 Å². The first-order valence-corrected chi connectivity index (χ1v) is 21.4. The summed E-state index contributed by atoms with van der Waals surface area (Å²) >= 11 is 0. The van der Waals surface area contributed by atoms with Crippen LogP contribution in [0, 0.1) is 0 Å². The Morgan fingerprint density at radius 3 is 1.54 bits per heavy atom. The van der Waals surface area contributed by atoms with Gasteiger partial charge < -0.3 is 20.1 Å². The molecule has 0 spiro atoms. The maximum atomic E-state index is 12.5. The van der Waals surface area contributed by atoms with Crippen LogP contribution in [0.3, 0.4) is 0 Å².